The summed E-state index contributed by atoms with van der Waals surface area (Å²) in [6, 6.07) is 15.0. The van der Waals surface area contributed by atoms with Crippen LogP contribution in [-0.2, 0) is 27.7 Å². The number of para-hydroxylation sites is 1. The zero-order chi connectivity index (χ0) is 20.1. The molecule has 0 saturated heterocycles. The number of benzene rings is 2. The summed E-state index contributed by atoms with van der Waals surface area (Å²) in [5, 5.41) is 5.19. The van der Waals surface area contributed by atoms with Gasteiger partial charge >= 0.3 is 0 Å². The zero-order valence-electron chi connectivity index (χ0n) is 15.6. The molecule has 3 aromatic rings. The molecule has 0 saturated carbocycles. The van der Waals surface area contributed by atoms with Crippen molar-refractivity contribution in [2.75, 3.05) is 16.3 Å². The molecule has 0 atom stereocenters. The third-order valence-corrected chi connectivity index (χ3v) is 5.42. The van der Waals surface area contributed by atoms with Gasteiger partial charge in [-0.15, -0.1) is 11.3 Å². The van der Waals surface area contributed by atoms with Crippen molar-refractivity contribution in [3.8, 4) is 11.3 Å². The van der Waals surface area contributed by atoms with Crippen molar-refractivity contribution in [2.24, 2.45) is 0 Å². The second-order valence-electron chi connectivity index (χ2n) is 6.34. The number of hydrogen-bond donors (Lipinski definition) is 2. The van der Waals surface area contributed by atoms with Gasteiger partial charge in [-0.1, -0.05) is 49.4 Å². The minimum Gasteiger partial charge on any atom is -0.302 e. The van der Waals surface area contributed by atoms with E-state index in [2.05, 4.69) is 34.1 Å². The highest BCUT2D eigenvalue weighted by Crippen LogP contribution is 2.26. The van der Waals surface area contributed by atoms with E-state index in [1.165, 1.54) is 16.9 Å². The molecule has 0 unspecified atom stereocenters. The number of hydrogen-bond acceptors (Lipinski definition) is 5. The van der Waals surface area contributed by atoms with E-state index in [4.69, 9.17) is 0 Å². The Morgan fingerprint density at radius 2 is 1.82 bits per heavy atom. The van der Waals surface area contributed by atoms with Crippen LogP contribution in [0.3, 0.4) is 0 Å². The summed E-state index contributed by atoms with van der Waals surface area (Å²) in [6.45, 7) is 2.11. The standard InChI is InChI=1S/C20H21N3O3S2/c1-3-14-8-10-15(11-9-14)18-13-27-20(21-18)22-19(24)12-16-6-4-5-7-17(16)23-28(2,25)26/h4-11,13,23H,3,12H2,1-2H3,(H,21,22,24). The summed E-state index contributed by atoms with van der Waals surface area (Å²) in [6.07, 6.45) is 2.10. The first-order chi connectivity index (χ1) is 13.3. The highest BCUT2D eigenvalue weighted by molar-refractivity contribution is 7.92. The fourth-order valence-corrected chi connectivity index (χ4v) is 4.02. The van der Waals surface area contributed by atoms with Crippen LogP contribution in [0.5, 0.6) is 0 Å². The van der Waals surface area contributed by atoms with Gasteiger partial charge < -0.3 is 5.32 Å². The number of nitrogens with zero attached hydrogens (tertiary/aromatic N) is 1. The van der Waals surface area contributed by atoms with Crippen LogP contribution in [0.25, 0.3) is 11.3 Å². The van der Waals surface area contributed by atoms with Crippen molar-refractivity contribution >= 4 is 38.1 Å². The first-order valence-electron chi connectivity index (χ1n) is 8.74. The molecule has 0 aliphatic rings. The lowest BCUT2D eigenvalue weighted by molar-refractivity contribution is -0.115. The molecule has 1 amide bonds. The molecule has 0 radical (unpaired) electrons. The molecule has 0 aliphatic carbocycles. The van der Waals surface area contributed by atoms with Crippen molar-refractivity contribution in [3.63, 3.8) is 0 Å². The molecule has 28 heavy (non-hydrogen) atoms. The summed E-state index contributed by atoms with van der Waals surface area (Å²) in [4.78, 5) is 16.9. The van der Waals surface area contributed by atoms with Gasteiger partial charge in [0.1, 0.15) is 0 Å². The molecule has 3 rings (SSSR count). The second-order valence-corrected chi connectivity index (χ2v) is 8.95. The SMILES string of the molecule is CCc1ccc(-c2csc(NC(=O)Cc3ccccc3NS(C)(=O)=O)n2)cc1. The highest BCUT2D eigenvalue weighted by Gasteiger charge is 2.13. The quantitative estimate of drug-likeness (QED) is 0.612. The van der Waals surface area contributed by atoms with Gasteiger partial charge in [0.05, 0.1) is 24.1 Å². The lowest BCUT2D eigenvalue weighted by atomic mass is 10.1. The predicted molar refractivity (Wildman–Crippen MR) is 114 cm³/mol. The lowest BCUT2D eigenvalue weighted by Gasteiger charge is -2.10. The number of carbonyl (C=O) groups excluding carboxylic acids is 1. The number of carbonyl (C=O) groups is 1. The molecule has 0 spiro atoms. The maximum Gasteiger partial charge on any atom is 0.230 e. The van der Waals surface area contributed by atoms with Crippen LogP contribution in [0.1, 0.15) is 18.1 Å². The van der Waals surface area contributed by atoms with E-state index in [9.17, 15) is 13.2 Å². The molecule has 146 valence electrons. The van der Waals surface area contributed by atoms with Gasteiger partial charge in [0.25, 0.3) is 0 Å². The Morgan fingerprint density at radius 1 is 1.11 bits per heavy atom. The van der Waals surface area contributed by atoms with E-state index in [0.717, 1.165) is 23.9 Å². The molecule has 0 fully saturated rings. The molecule has 2 N–H and O–H groups in total. The fraction of sp³-hybridized carbons (Fsp3) is 0.200. The molecule has 8 heteroatoms. The van der Waals surface area contributed by atoms with Crippen LogP contribution in [0.2, 0.25) is 0 Å². The summed E-state index contributed by atoms with van der Waals surface area (Å²) < 4.78 is 25.4. The van der Waals surface area contributed by atoms with E-state index in [1.54, 1.807) is 24.3 Å². The average Bonchev–Trinajstić information content (AvgIpc) is 3.10. The molecule has 0 aliphatic heterocycles. The van der Waals surface area contributed by atoms with Gasteiger partial charge in [0.2, 0.25) is 15.9 Å². The number of aryl methyl sites for hydroxylation is 1. The third-order valence-electron chi connectivity index (χ3n) is 4.07. The van der Waals surface area contributed by atoms with Gasteiger partial charge in [-0.25, -0.2) is 13.4 Å². The second kappa shape index (κ2) is 8.53. The zero-order valence-corrected chi connectivity index (χ0v) is 17.2. The normalized spacial score (nSPS) is 11.2. The maximum absolute atomic E-state index is 12.4. The maximum atomic E-state index is 12.4. The fourth-order valence-electron chi connectivity index (χ4n) is 2.69. The highest BCUT2D eigenvalue weighted by atomic mass is 32.2. The Bertz CT molecular complexity index is 1070. The molecule has 6 nitrogen and oxygen atoms in total. The molecule has 2 aromatic carbocycles. The van der Waals surface area contributed by atoms with Gasteiger partial charge in [0, 0.05) is 10.9 Å². The van der Waals surface area contributed by atoms with Crippen LogP contribution in [-0.4, -0.2) is 25.6 Å². The van der Waals surface area contributed by atoms with Gasteiger partial charge in [-0.3, -0.25) is 9.52 Å². The van der Waals surface area contributed by atoms with Gasteiger partial charge in [-0.2, -0.15) is 0 Å². The number of rotatable bonds is 7. The van der Waals surface area contributed by atoms with Gasteiger partial charge in [-0.05, 0) is 23.6 Å². The third kappa shape index (κ3) is 5.40. The van der Waals surface area contributed by atoms with E-state index in [0.29, 0.717) is 16.4 Å². The summed E-state index contributed by atoms with van der Waals surface area (Å²) >= 11 is 1.35. The Balaban J connectivity index is 1.68. The molecule has 1 aromatic heterocycles. The predicted octanol–water partition coefficient (Wildman–Crippen LogP) is 3.93. The Kier molecular flexibility index (Phi) is 6.11. The minimum absolute atomic E-state index is 0.0405. The number of nitrogens with one attached hydrogen (secondary N) is 2. The van der Waals surface area contributed by atoms with Crippen molar-refractivity contribution in [1.82, 2.24) is 4.98 Å². The van der Waals surface area contributed by atoms with Gasteiger partial charge in [0.15, 0.2) is 5.13 Å². The van der Waals surface area contributed by atoms with E-state index >= 15 is 0 Å². The molecular formula is C20H21N3O3S2. The number of sulfonamides is 1. The number of aromatic nitrogens is 1. The van der Waals surface area contributed by atoms with Crippen molar-refractivity contribution in [3.05, 3.63) is 65.0 Å². The smallest absolute Gasteiger partial charge is 0.230 e. The Hall–Kier alpha value is -2.71. The van der Waals surface area contributed by atoms with Crippen LogP contribution >= 0.6 is 11.3 Å². The molecule has 0 bridgehead atoms. The number of thiazole rings is 1. The number of amides is 1. The lowest BCUT2D eigenvalue weighted by Crippen LogP contribution is -2.17. The minimum atomic E-state index is -3.42. The largest absolute Gasteiger partial charge is 0.302 e. The summed E-state index contributed by atoms with van der Waals surface area (Å²) in [5.74, 6) is -0.259. The Labute approximate surface area is 168 Å². The summed E-state index contributed by atoms with van der Waals surface area (Å²) in [5.41, 5.74) is 4.06. The monoisotopic (exact) mass is 415 g/mol. The summed E-state index contributed by atoms with van der Waals surface area (Å²) in [7, 11) is -3.42. The van der Waals surface area contributed by atoms with Crippen LogP contribution in [0, 0.1) is 0 Å². The van der Waals surface area contributed by atoms with Crippen LogP contribution in [0.15, 0.2) is 53.9 Å². The number of anilines is 2. The van der Waals surface area contributed by atoms with Crippen LogP contribution in [0.4, 0.5) is 10.8 Å². The topological polar surface area (TPSA) is 88.2 Å². The average molecular weight is 416 g/mol. The van der Waals surface area contributed by atoms with E-state index in [-0.39, 0.29) is 12.3 Å². The Morgan fingerprint density at radius 3 is 2.50 bits per heavy atom. The first-order valence-corrected chi connectivity index (χ1v) is 11.5. The van der Waals surface area contributed by atoms with Crippen molar-refractivity contribution in [2.45, 2.75) is 19.8 Å². The van der Waals surface area contributed by atoms with E-state index in [1.807, 2.05) is 17.5 Å². The molecular weight excluding hydrogens is 394 g/mol. The van der Waals surface area contributed by atoms with Crippen LogP contribution < -0.4 is 10.0 Å². The van der Waals surface area contributed by atoms with Crippen molar-refractivity contribution < 1.29 is 13.2 Å². The first kappa shape index (κ1) is 20.0. The van der Waals surface area contributed by atoms with Crippen molar-refractivity contribution in [1.29, 1.82) is 0 Å². The van der Waals surface area contributed by atoms with E-state index < -0.39 is 10.0 Å². The molecule has 1 heterocycles.